The maximum Gasteiger partial charge on any atom is 0.226 e. The SMILES string of the molecule is CCc1cccc(CN(C[C@@H](O)[C@@H](N)Cc2cc(F)cc(F)c2)C(=O)C(C)CC(=O)c2ccc(F)c(F)c2)c1. The smallest absolute Gasteiger partial charge is 0.226 e. The summed E-state index contributed by atoms with van der Waals surface area (Å²) in [6.07, 6.45) is -0.768. The van der Waals surface area contributed by atoms with Crippen LogP contribution >= 0.6 is 0 Å². The zero-order valence-corrected chi connectivity index (χ0v) is 21.8. The highest BCUT2D eigenvalue weighted by Crippen LogP contribution is 2.19. The fraction of sp³-hybridized carbons (Fsp3) is 0.333. The van der Waals surface area contributed by atoms with Gasteiger partial charge in [0.1, 0.15) is 11.6 Å². The summed E-state index contributed by atoms with van der Waals surface area (Å²) >= 11 is 0. The molecule has 1 unspecified atom stereocenters. The normalized spacial score (nSPS) is 13.5. The lowest BCUT2D eigenvalue weighted by Crippen LogP contribution is -2.47. The van der Waals surface area contributed by atoms with Crippen LogP contribution in [0.1, 0.15) is 47.3 Å². The van der Waals surface area contributed by atoms with Gasteiger partial charge in [0, 0.05) is 43.1 Å². The first kappa shape index (κ1) is 30.0. The Labute approximate surface area is 225 Å². The van der Waals surface area contributed by atoms with E-state index in [0.29, 0.717) is 0 Å². The summed E-state index contributed by atoms with van der Waals surface area (Å²) in [5.74, 6) is -5.60. The molecule has 208 valence electrons. The van der Waals surface area contributed by atoms with E-state index in [0.717, 1.165) is 53.9 Å². The van der Waals surface area contributed by atoms with Crippen molar-refractivity contribution in [2.24, 2.45) is 11.7 Å². The van der Waals surface area contributed by atoms with E-state index < -0.39 is 53.0 Å². The van der Waals surface area contributed by atoms with E-state index in [1.165, 1.54) is 11.8 Å². The van der Waals surface area contributed by atoms with Gasteiger partial charge in [0.05, 0.1) is 6.10 Å². The first-order chi connectivity index (χ1) is 18.5. The van der Waals surface area contributed by atoms with Crippen LogP contribution in [0.2, 0.25) is 0 Å². The Kier molecular flexibility index (Phi) is 10.4. The number of Topliss-reactive ketones (excluding diaryl/α,β-unsaturated/α-hetero) is 1. The minimum Gasteiger partial charge on any atom is -0.390 e. The Morgan fingerprint density at radius 3 is 2.21 bits per heavy atom. The summed E-state index contributed by atoms with van der Waals surface area (Å²) in [7, 11) is 0. The molecular weight excluding hydrogens is 512 g/mol. The van der Waals surface area contributed by atoms with E-state index in [4.69, 9.17) is 5.73 Å². The zero-order chi connectivity index (χ0) is 28.7. The second-order valence-corrected chi connectivity index (χ2v) is 9.76. The Balaban J connectivity index is 1.77. The molecule has 0 radical (unpaired) electrons. The highest BCUT2D eigenvalue weighted by molar-refractivity contribution is 5.98. The number of ketones is 1. The van der Waals surface area contributed by atoms with Crippen LogP contribution in [0.4, 0.5) is 17.6 Å². The lowest BCUT2D eigenvalue weighted by atomic mass is 9.97. The number of hydrogen-bond acceptors (Lipinski definition) is 4. The van der Waals surface area contributed by atoms with E-state index in [-0.39, 0.29) is 37.1 Å². The Hall–Kier alpha value is -3.56. The van der Waals surface area contributed by atoms with Gasteiger partial charge >= 0.3 is 0 Å². The van der Waals surface area contributed by atoms with E-state index in [2.05, 4.69) is 0 Å². The van der Waals surface area contributed by atoms with Gasteiger partial charge in [-0.25, -0.2) is 17.6 Å². The van der Waals surface area contributed by atoms with Crippen molar-refractivity contribution < 1.29 is 32.3 Å². The fourth-order valence-electron chi connectivity index (χ4n) is 4.36. The highest BCUT2D eigenvalue weighted by Gasteiger charge is 2.28. The van der Waals surface area contributed by atoms with Crippen molar-refractivity contribution in [3.05, 3.63) is 106 Å². The van der Waals surface area contributed by atoms with Gasteiger partial charge in [-0.05, 0) is 59.9 Å². The lowest BCUT2D eigenvalue weighted by molar-refractivity contribution is -0.137. The number of amides is 1. The Morgan fingerprint density at radius 1 is 0.897 bits per heavy atom. The molecule has 0 bridgehead atoms. The van der Waals surface area contributed by atoms with Crippen LogP contribution in [0.5, 0.6) is 0 Å². The third-order valence-corrected chi connectivity index (χ3v) is 6.53. The number of carbonyl (C=O) groups excluding carboxylic acids is 2. The predicted molar refractivity (Wildman–Crippen MR) is 140 cm³/mol. The standard InChI is InChI=1S/C30H32F4N2O3/c1-3-19-5-4-6-20(10-19)16-36(17-29(38)27(35)13-21-11-23(31)15-24(32)12-21)30(39)18(2)9-28(37)22-7-8-25(33)26(34)14-22/h4-8,10-12,14-15,18,27,29,38H,3,9,13,16-17,35H2,1-2H3/t18?,27-,29+/m0/s1. The lowest BCUT2D eigenvalue weighted by Gasteiger charge is -2.30. The van der Waals surface area contributed by atoms with E-state index in [1.54, 1.807) is 0 Å². The molecule has 0 saturated carbocycles. The molecule has 0 heterocycles. The summed E-state index contributed by atoms with van der Waals surface area (Å²) < 4.78 is 54.1. The molecule has 3 rings (SSSR count). The van der Waals surface area contributed by atoms with Crippen LogP contribution in [0.3, 0.4) is 0 Å². The molecule has 9 heteroatoms. The predicted octanol–water partition coefficient (Wildman–Crippen LogP) is 4.97. The topological polar surface area (TPSA) is 83.6 Å². The molecule has 5 nitrogen and oxygen atoms in total. The van der Waals surface area contributed by atoms with Crippen LogP contribution < -0.4 is 5.73 Å². The molecule has 0 aromatic heterocycles. The minimum absolute atomic E-state index is 0.0344. The van der Waals surface area contributed by atoms with Gasteiger partial charge in [0.25, 0.3) is 0 Å². The monoisotopic (exact) mass is 544 g/mol. The van der Waals surface area contributed by atoms with Crippen LogP contribution in [0.25, 0.3) is 0 Å². The van der Waals surface area contributed by atoms with Crippen molar-refractivity contribution in [3.63, 3.8) is 0 Å². The number of nitrogens with zero attached hydrogens (tertiary/aromatic N) is 1. The molecule has 3 aromatic rings. The molecule has 0 aliphatic rings. The van der Waals surface area contributed by atoms with Gasteiger partial charge in [-0.1, -0.05) is 38.1 Å². The molecular formula is C30H32F4N2O3. The maximum atomic E-state index is 13.6. The molecule has 0 aliphatic heterocycles. The molecule has 0 fully saturated rings. The summed E-state index contributed by atoms with van der Waals surface area (Å²) in [4.78, 5) is 27.6. The third kappa shape index (κ3) is 8.46. The summed E-state index contributed by atoms with van der Waals surface area (Å²) in [6, 6.07) is 12.4. The molecule has 0 saturated heterocycles. The van der Waals surface area contributed by atoms with Crippen LogP contribution in [0, 0.1) is 29.2 Å². The maximum absolute atomic E-state index is 13.6. The van der Waals surface area contributed by atoms with Crippen molar-refractivity contribution >= 4 is 11.7 Å². The van der Waals surface area contributed by atoms with E-state index >= 15 is 0 Å². The largest absolute Gasteiger partial charge is 0.390 e. The van der Waals surface area contributed by atoms with Crippen molar-refractivity contribution in [1.82, 2.24) is 4.90 Å². The number of hydrogen-bond donors (Lipinski definition) is 2. The summed E-state index contributed by atoms with van der Waals surface area (Å²) in [5, 5.41) is 10.9. The number of nitrogens with two attached hydrogens (primary N) is 1. The molecule has 3 N–H and O–H groups in total. The summed E-state index contributed by atoms with van der Waals surface area (Å²) in [5.41, 5.74) is 8.20. The van der Waals surface area contributed by atoms with Gasteiger partial charge in [-0.3, -0.25) is 9.59 Å². The number of halogens is 4. The molecule has 0 aliphatic carbocycles. The van der Waals surface area contributed by atoms with Gasteiger partial charge in [-0.15, -0.1) is 0 Å². The fourth-order valence-corrected chi connectivity index (χ4v) is 4.36. The number of carbonyl (C=O) groups is 2. The second kappa shape index (κ2) is 13.5. The van der Waals surface area contributed by atoms with Crippen LogP contribution in [-0.2, 0) is 24.2 Å². The molecule has 3 aromatic carbocycles. The van der Waals surface area contributed by atoms with Crippen LogP contribution in [-0.4, -0.2) is 40.4 Å². The van der Waals surface area contributed by atoms with Gasteiger partial charge in [0.2, 0.25) is 5.91 Å². The second-order valence-electron chi connectivity index (χ2n) is 9.76. The van der Waals surface area contributed by atoms with Gasteiger partial charge in [-0.2, -0.15) is 0 Å². The highest BCUT2D eigenvalue weighted by atomic mass is 19.2. The summed E-state index contributed by atoms with van der Waals surface area (Å²) in [6.45, 7) is 3.45. The average Bonchev–Trinajstić information content (AvgIpc) is 2.88. The van der Waals surface area contributed by atoms with Crippen molar-refractivity contribution in [2.75, 3.05) is 6.54 Å². The number of rotatable bonds is 12. The zero-order valence-electron chi connectivity index (χ0n) is 21.8. The first-order valence-electron chi connectivity index (χ1n) is 12.7. The van der Waals surface area contributed by atoms with E-state index in [9.17, 15) is 32.3 Å². The van der Waals surface area contributed by atoms with Crippen molar-refractivity contribution in [1.29, 1.82) is 0 Å². The van der Waals surface area contributed by atoms with Crippen LogP contribution in [0.15, 0.2) is 60.7 Å². The molecule has 0 spiro atoms. The minimum atomic E-state index is -1.25. The van der Waals surface area contributed by atoms with Crippen molar-refractivity contribution in [2.45, 2.75) is 51.8 Å². The number of benzene rings is 3. The van der Waals surface area contributed by atoms with Gasteiger partial charge in [0.15, 0.2) is 17.4 Å². The molecule has 3 atom stereocenters. The van der Waals surface area contributed by atoms with Crippen molar-refractivity contribution in [3.8, 4) is 0 Å². The average molecular weight is 545 g/mol. The number of aryl methyl sites for hydroxylation is 1. The first-order valence-corrected chi connectivity index (χ1v) is 12.7. The number of aliphatic hydroxyl groups is 1. The Morgan fingerprint density at radius 2 is 1.56 bits per heavy atom. The van der Waals surface area contributed by atoms with E-state index in [1.807, 2.05) is 31.2 Å². The number of aliphatic hydroxyl groups excluding tert-OH is 1. The molecule has 1 amide bonds. The third-order valence-electron chi connectivity index (χ3n) is 6.53. The molecule has 39 heavy (non-hydrogen) atoms. The van der Waals surface area contributed by atoms with Gasteiger partial charge < -0.3 is 15.7 Å². The Bertz CT molecular complexity index is 1300. The quantitative estimate of drug-likeness (QED) is 0.249.